The molecule has 6 nitrogen and oxygen atoms in total. The number of carbonyl (C=O) groups is 2. The van der Waals surface area contributed by atoms with Gasteiger partial charge >= 0.3 is 11.9 Å². The van der Waals surface area contributed by atoms with Crippen LogP contribution in [0, 0.1) is 5.92 Å². The van der Waals surface area contributed by atoms with Crippen LogP contribution in [-0.2, 0) is 17.9 Å². The minimum atomic E-state index is -1.16. The molecule has 0 bridgehead atoms. The van der Waals surface area contributed by atoms with Gasteiger partial charge in [0.05, 0.1) is 6.54 Å². The molecule has 0 aromatic heterocycles. The number of nitrogens with two attached hydrogens (primary N) is 1. The van der Waals surface area contributed by atoms with Gasteiger partial charge in [-0.2, -0.15) is 4.48 Å². The van der Waals surface area contributed by atoms with Crippen molar-refractivity contribution in [1.82, 2.24) is 5.32 Å². The number of carbonyl (C=O) groups excluding carboxylic acids is 2. The van der Waals surface area contributed by atoms with Crippen LogP contribution in [0.1, 0.15) is 44.7 Å². The number of hydrogen-bond donors (Lipinski definition) is 3. The summed E-state index contributed by atoms with van der Waals surface area (Å²) < 4.78 is -0.349. The number of benzene rings is 1. The van der Waals surface area contributed by atoms with E-state index in [1.54, 1.807) is 26.0 Å². The number of nitrogens with zero attached hydrogens (tertiary/aromatic N) is 1. The maximum absolute atomic E-state index is 13.1. The van der Waals surface area contributed by atoms with Crippen LogP contribution < -0.4 is 11.1 Å². The highest BCUT2D eigenvalue weighted by Gasteiger charge is 2.54. The molecule has 0 saturated carbocycles. The molecular formula is C19H29ClN3O3+. The fraction of sp³-hybridized carbons (Fsp3) is 0.579. The highest BCUT2D eigenvalue weighted by molar-refractivity contribution is 6.30. The molecule has 0 aliphatic carbocycles. The number of imide groups is 1. The smallest absolute Gasteiger partial charge is 0.379 e. The summed E-state index contributed by atoms with van der Waals surface area (Å²) in [6.45, 7) is 6.43. The molecule has 1 aromatic carbocycles. The number of rotatable bonds is 5. The zero-order valence-electron chi connectivity index (χ0n) is 15.7. The Balaban J connectivity index is 2.24. The lowest BCUT2D eigenvalue weighted by Crippen LogP contribution is -2.65. The number of aliphatic hydroxyl groups is 1. The Hall–Kier alpha value is -1.47. The van der Waals surface area contributed by atoms with Crippen molar-refractivity contribution in [2.75, 3.05) is 6.54 Å². The van der Waals surface area contributed by atoms with Gasteiger partial charge in [-0.05, 0) is 36.1 Å². The average molecular weight is 383 g/mol. The first-order valence-electron chi connectivity index (χ1n) is 9.10. The molecule has 1 aliphatic rings. The number of likely N-dealkylation sites (tertiary alicyclic amines) is 1. The third-order valence-corrected chi connectivity index (χ3v) is 5.58. The molecule has 7 heteroatoms. The van der Waals surface area contributed by atoms with Crippen LogP contribution in [0.5, 0.6) is 0 Å². The molecule has 4 N–H and O–H groups in total. The van der Waals surface area contributed by atoms with Crippen molar-refractivity contribution in [3.63, 3.8) is 0 Å². The van der Waals surface area contributed by atoms with E-state index in [0.717, 1.165) is 24.0 Å². The highest BCUT2D eigenvalue weighted by atomic mass is 35.5. The van der Waals surface area contributed by atoms with Gasteiger partial charge in [0, 0.05) is 31.0 Å². The lowest BCUT2D eigenvalue weighted by atomic mass is 10.0. The van der Waals surface area contributed by atoms with E-state index in [0.29, 0.717) is 18.1 Å². The summed E-state index contributed by atoms with van der Waals surface area (Å²) in [7, 11) is 0. The predicted octanol–water partition coefficient (Wildman–Crippen LogP) is 2.55. The Kier molecular flexibility index (Phi) is 6.80. The van der Waals surface area contributed by atoms with Crippen molar-refractivity contribution in [3.05, 3.63) is 34.3 Å². The third-order valence-electron chi connectivity index (χ3n) is 5.34. The van der Waals surface area contributed by atoms with Crippen LogP contribution in [-0.4, -0.2) is 40.2 Å². The summed E-state index contributed by atoms with van der Waals surface area (Å²) in [6, 6.07) is 4.83. The van der Waals surface area contributed by atoms with Crippen molar-refractivity contribution >= 4 is 23.5 Å². The normalized spacial score (nSPS) is 23.9. The number of hydrogen-bond acceptors (Lipinski definition) is 4. The van der Waals surface area contributed by atoms with E-state index in [1.165, 1.54) is 0 Å². The van der Waals surface area contributed by atoms with E-state index in [9.17, 15) is 14.7 Å². The molecule has 1 aromatic rings. The molecule has 1 aliphatic heterocycles. The lowest BCUT2D eigenvalue weighted by molar-refractivity contribution is -0.787. The minimum absolute atomic E-state index is 0.163. The number of amides is 3. The number of aliphatic hydroxyl groups excluding tert-OH is 1. The Morgan fingerprint density at radius 3 is 2.62 bits per heavy atom. The number of nitrogens with one attached hydrogen (secondary N) is 1. The molecule has 1 fully saturated rings. The lowest BCUT2D eigenvalue weighted by Gasteiger charge is -2.35. The van der Waals surface area contributed by atoms with Crippen LogP contribution in [0.15, 0.2) is 18.2 Å². The van der Waals surface area contributed by atoms with Gasteiger partial charge in [0.25, 0.3) is 0 Å². The minimum Gasteiger partial charge on any atom is -0.379 e. The quantitative estimate of drug-likeness (QED) is 0.682. The summed E-state index contributed by atoms with van der Waals surface area (Å²) >= 11 is 6.05. The zero-order valence-corrected chi connectivity index (χ0v) is 16.4. The van der Waals surface area contributed by atoms with Gasteiger partial charge in [-0.3, -0.25) is 0 Å². The fourth-order valence-corrected chi connectivity index (χ4v) is 3.79. The summed E-state index contributed by atoms with van der Waals surface area (Å²) in [6.07, 6.45) is 0.387. The Morgan fingerprint density at radius 1 is 1.38 bits per heavy atom. The first-order chi connectivity index (χ1) is 12.2. The van der Waals surface area contributed by atoms with Gasteiger partial charge in [0.2, 0.25) is 0 Å². The van der Waals surface area contributed by atoms with Gasteiger partial charge in [-0.15, -0.1) is 0 Å². The van der Waals surface area contributed by atoms with Crippen molar-refractivity contribution in [2.24, 2.45) is 11.7 Å². The van der Waals surface area contributed by atoms with E-state index in [2.05, 4.69) is 5.32 Å². The zero-order chi connectivity index (χ0) is 19.5. The van der Waals surface area contributed by atoms with Crippen LogP contribution in [0.3, 0.4) is 0 Å². The van der Waals surface area contributed by atoms with Crippen molar-refractivity contribution in [2.45, 2.75) is 58.8 Å². The average Bonchev–Trinajstić information content (AvgIpc) is 3.00. The van der Waals surface area contributed by atoms with Gasteiger partial charge in [0.1, 0.15) is 6.04 Å². The maximum Gasteiger partial charge on any atom is 0.424 e. The summed E-state index contributed by atoms with van der Waals surface area (Å²) in [5.74, 6) is -0.664. The van der Waals surface area contributed by atoms with Crippen molar-refractivity contribution in [3.8, 4) is 0 Å². The first-order valence-corrected chi connectivity index (χ1v) is 9.47. The molecule has 26 heavy (non-hydrogen) atoms. The van der Waals surface area contributed by atoms with Gasteiger partial charge < -0.3 is 16.2 Å². The van der Waals surface area contributed by atoms with Crippen LogP contribution in [0.25, 0.3) is 0 Å². The van der Waals surface area contributed by atoms with Crippen LogP contribution in [0.4, 0.5) is 4.79 Å². The number of urea groups is 1. The van der Waals surface area contributed by atoms with E-state index < -0.39 is 12.0 Å². The van der Waals surface area contributed by atoms with Crippen molar-refractivity contribution < 1.29 is 19.2 Å². The number of quaternary nitrogens is 1. The van der Waals surface area contributed by atoms with Crippen LogP contribution in [0.2, 0.25) is 5.02 Å². The van der Waals surface area contributed by atoms with E-state index in [-0.39, 0.29) is 29.0 Å². The van der Waals surface area contributed by atoms with Gasteiger partial charge in [-0.1, -0.05) is 31.5 Å². The Morgan fingerprint density at radius 2 is 2.08 bits per heavy atom. The largest absolute Gasteiger partial charge is 0.424 e. The van der Waals surface area contributed by atoms with E-state index in [1.807, 2.05) is 13.0 Å². The molecule has 1 unspecified atom stereocenters. The molecule has 3 amide bonds. The summed E-state index contributed by atoms with van der Waals surface area (Å²) in [5.41, 5.74) is 7.47. The Bertz CT molecular complexity index is 680. The summed E-state index contributed by atoms with van der Waals surface area (Å²) in [5, 5.41) is 13.8. The standard InChI is InChI=1S/C19H28ClN3O3/c1-12(2)17(24)18(25)23(8-4-5-13(23)3)19(26)22-11-15-9-16(20)7-6-14(15)10-21/h6-7,9,12-13,17,24H,4-5,8,10-11,21H2,1-3H3/p+1/t13-,17-,23?/m1/s1. The topological polar surface area (TPSA) is 92.4 Å². The molecule has 2 rings (SSSR count). The second-order valence-corrected chi connectivity index (χ2v) is 7.82. The molecular weight excluding hydrogens is 354 g/mol. The van der Waals surface area contributed by atoms with E-state index in [4.69, 9.17) is 17.3 Å². The molecule has 3 atom stereocenters. The molecule has 144 valence electrons. The fourth-order valence-electron chi connectivity index (χ4n) is 3.60. The van der Waals surface area contributed by atoms with Crippen LogP contribution >= 0.6 is 11.6 Å². The molecule has 0 spiro atoms. The first kappa shape index (κ1) is 20.8. The summed E-state index contributed by atoms with van der Waals surface area (Å²) in [4.78, 5) is 26.0. The van der Waals surface area contributed by atoms with Gasteiger partial charge in [-0.25, -0.2) is 9.59 Å². The number of halogens is 1. The second kappa shape index (κ2) is 8.48. The molecule has 1 heterocycles. The highest BCUT2D eigenvalue weighted by Crippen LogP contribution is 2.30. The third kappa shape index (κ3) is 3.93. The monoisotopic (exact) mass is 382 g/mol. The molecule has 0 radical (unpaired) electrons. The maximum atomic E-state index is 13.1. The SMILES string of the molecule is CC(C)[C@@H](O)C(=O)[N+]1(C(=O)NCc2cc(Cl)ccc2CN)CCC[C@H]1C. The van der Waals surface area contributed by atoms with Crippen molar-refractivity contribution in [1.29, 1.82) is 0 Å². The predicted molar refractivity (Wildman–Crippen MR) is 101 cm³/mol. The second-order valence-electron chi connectivity index (χ2n) is 7.39. The van der Waals surface area contributed by atoms with Gasteiger partial charge in [0.15, 0.2) is 6.10 Å². The van der Waals surface area contributed by atoms with E-state index >= 15 is 0 Å². The Labute approximate surface area is 159 Å². The molecule has 1 saturated heterocycles.